The molecule has 1 aliphatic carbocycles. The summed E-state index contributed by atoms with van der Waals surface area (Å²) in [5.41, 5.74) is 4.62. The van der Waals surface area contributed by atoms with Crippen molar-refractivity contribution in [2.24, 2.45) is 0 Å². The van der Waals surface area contributed by atoms with Gasteiger partial charge in [0.1, 0.15) is 24.4 Å². The highest BCUT2D eigenvalue weighted by atomic mass is 16.4. The molecule has 1 aliphatic heterocycles. The average molecular weight is 476 g/mol. The van der Waals surface area contributed by atoms with E-state index in [0.717, 1.165) is 65.1 Å². The van der Waals surface area contributed by atoms with Gasteiger partial charge in [0, 0.05) is 47.4 Å². The monoisotopic (exact) mass is 475 g/mol. The van der Waals surface area contributed by atoms with Gasteiger partial charge in [-0.3, -0.25) is 0 Å². The fourth-order valence-electron chi connectivity index (χ4n) is 4.62. The first-order valence-electron chi connectivity index (χ1n) is 11.7. The van der Waals surface area contributed by atoms with E-state index in [4.69, 9.17) is 4.42 Å². The third kappa shape index (κ3) is 5.09. The molecule has 0 spiro atoms. The van der Waals surface area contributed by atoms with Crippen LogP contribution in [0, 0.1) is 0 Å². The molecule has 186 valence electrons. The lowest BCUT2D eigenvalue weighted by Crippen LogP contribution is -2.29. The van der Waals surface area contributed by atoms with E-state index >= 15 is 0 Å². The number of anilines is 1. The molecule has 0 amide bonds. The molecule has 0 radical (unpaired) electrons. The first kappa shape index (κ1) is 27.6. The Bertz CT molecular complexity index is 1340. The summed E-state index contributed by atoms with van der Waals surface area (Å²) in [6.07, 6.45) is 0. The highest BCUT2D eigenvalue weighted by molar-refractivity contribution is 6.07. The minimum atomic E-state index is -0.938. The van der Waals surface area contributed by atoms with Crippen molar-refractivity contribution in [2.45, 2.75) is 42.5 Å². The average Bonchev–Trinajstić information content (AvgIpc) is 2.84. The zero-order chi connectivity index (χ0) is 23.5. The van der Waals surface area contributed by atoms with Crippen molar-refractivity contribution in [3.05, 3.63) is 71.6 Å². The van der Waals surface area contributed by atoms with Gasteiger partial charge in [-0.15, -0.1) is 0 Å². The molecule has 0 atom stereocenters. The summed E-state index contributed by atoms with van der Waals surface area (Å²) in [5, 5.41) is 11.9. The Morgan fingerprint density at radius 3 is 2.20 bits per heavy atom. The highest BCUT2D eigenvalue weighted by Gasteiger charge is 2.22. The predicted molar refractivity (Wildman–Crippen MR) is 149 cm³/mol. The molecule has 1 heterocycles. The number of benzene rings is 3. The van der Waals surface area contributed by atoms with Crippen LogP contribution in [0.4, 0.5) is 5.69 Å². The lowest BCUT2D eigenvalue weighted by Gasteiger charge is -2.22. The summed E-state index contributed by atoms with van der Waals surface area (Å²) in [6.45, 7) is 12.1. The summed E-state index contributed by atoms with van der Waals surface area (Å²) in [6, 6.07) is 19.6. The summed E-state index contributed by atoms with van der Waals surface area (Å²) >= 11 is 0. The molecule has 0 aromatic heterocycles. The number of hydrogen-bond acceptors (Lipinski definition) is 3. The van der Waals surface area contributed by atoms with Gasteiger partial charge in [0.25, 0.3) is 0 Å². The maximum atomic E-state index is 12.1. The molecule has 35 heavy (non-hydrogen) atoms. The van der Waals surface area contributed by atoms with Gasteiger partial charge in [-0.2, -0.15) is 0 Å². The smallest absolute Gasteiger partial charge is 0.336 e. The molecule has 4 rings (SSSR count). The molecule has 2 aromatic rings. The van der Waals surface area contributed by atoms with Crippen molar-refractivity contribution in [1.29, 1.82) is 0 Å². The molecule has 0 saturated heterocycles. The Kier molecular flexibility index (Phi) is 9.24. The molecule has 1 N–H and O–H groups in total. The van der Waals surface area contributed by atoms with Crippen LogP contribution in [0.5, 0.6) is 0 Å². The van der Waals surface area contributed by atoms with Crippen LogP contribution < -0.4 is 14.8 Å². The first-order valence-corrected chi connectivity index (χ1v) is 11.7. The van der Waals surface area contributed by atoms with Crippen LogP contribution in [0.15, 0.2) is 65.1 Å². The predicted octanol–water partition coefficient (Wildman–Crippen LogP) is 6.83. The van der Waals surface area contributed by atoms with Gasteiger partial charge in [-0.05, 0) is 57.5 Å². The largest absolute Gasteiger partial charge is 0.478 e. The molecular formula is C30H39N2O3+. The van der Waals surface area contributed by atoms with E-state index in [-0.39, 0.29) is 20.4 Å². The molecule has 0 bridgehead atoms. The quantitative estimate of drug-likeness (QED) is 0.235. The second-order valence-corrected chi connectivity index (χ2v) is 8.03. The van der Waals surface area contributed by atoms with Crippen molar-refractivity contribution in [2.75, 3.05) is 31.1 Å². The van der Waals surface area contributed by atoms with Crippen LogP contribution in [0.2, 0.25) is 0 Å². The minimum absolute atomic E-state index is 0. The molecule has 5 nitrogen and oxygen atoms in total. The van der Waals surface area contributed by atoms with Crippen LogP contribution >= 0.6 is 0 Å². The highest BCUT2D eigenvalue weighted by Crippen LogP contribution is 2.42. The normalized spacial score (nSPS) is 10.5. The summed E-state index contributed by atoms with van der Waals surface area (Å²) in [4.78, 5) is 14.3. The number of rotatable bonds is 7. The number of carbonyl (C=O) groups is 1. The van der Waals surface area contributed by atoms with E-state index in [2.05, 4.69) is 73.6 Å². The lowest BCUT2D eigenvalue weighted by atomic mass is 9.90. The van der Waals surface area contributed by atoms with Gasteiger partial charge in [0.05, 0.1) is 11.6 Å². The summed E-state index contributed by atoms with van der Waals surface area (Å²) in [5.74, 6) is -0.189. The van der Waals surface area contributed by atoms with Crippen molar-refractivity contribution < 1.29 is 14.3 Å². The number of fused-ring (bicyclic) bond motifs is 2. The molecule has 0 unspecified atom stereocenters. The number of carboxylic acids is 1. The Balaban J connectivity index is 0.00000216. The van der Waals surface area contributed by atoms with Gasteiger partial charge in [0.15, 0.2) is 0 Å². The zero-order valence-corrected chi connectivity index (χ0v) is 19.8. The first-order chi connectivity index (χ1) is 16.0. The topological polar surface area (TPSA) is 56.7 Å². The minimum Gasteiger partial charge on any atom is -0.478 e. The van der Waals surface area contributed by atoms with E-state index in [0.29, 0.717) is 5.56 Å². The van der Waals surface area contributed by atoms with Crippen LogP contribution in [0.25, 0.3) is 33.4 Å². The van der Waals surface area contributed by atoms with Gasteiger partial charge < -0.3 is 14.4 Å². The van der Waals surface area contributed by atoms with E-state index in [1.54, 1.807) is 12.1 Å². The van der Waals surface area contributed by atoms with Gasteiger partial charge in [-0.1, -0.05) is 33.1 Å². The number of hydrogen-bond donors (Lipinski definition) is 1. The standard InChI is InChI=1S/C28H30N2O3.2CH4/c1-5-29(6-2)19-13-15-23-25(17-19)33-26-18-20(30(7-3)8-4)14-16-24(26)27(23)21-11-9-10-12-22(21)28(31)32;;/h9-18H,5-8H2,1-4H3;2*1H4/p+1. The maximum Gasteiger partial charge on any atom is 0.336 e. The van der Waals surface area contributed by atoms with E-state index in [9.17, 15) is 9.90 Å². The van der Waals surface area contributed by atoms with E-state index in [1.807, 2.05) is 12.1 Å². The Morgan fingerprint density at radius 2 is 1.57 bits per heavy atom. The summed E-state index contributed by atoms with van der Waals surface area (Å²) < 4.78 is 8.74. The second kappa shape index (κ2) is 11.7. The molecule has 0 fully saturated rings. The van der Waals surface area contributed by atoms with Crippen LogP contribution in [-0.4, -0.2) is 37.3 Å². The molecule has 0 saturated carbocycles. The van der Waals surface area contributed by atoms with Crippen LogP contribution in [0.3, 0.4) is 0 Å². The number of aromatic carboxylic acids is 1. The SMILES string of the molecule is C.C.CCN(CC)c1ccc2c(-c3ccccc3C(=O)O)c3ccc(=[N+](CC)CC)cc-3oc2c1. The van der Waals surface area contributed by atoms with Crippen molar-refractivity contribution in [1.82, 2.24) is 4.58 Å². The third-order valence-electron chi connectivity index (χ3n) is 6.37. The fraction of sp³-hybridized carbons (Fsp3) is 0.333. The molecule has 5 heteroatoms. The molecule has 2 aliphatic rings. The molecule has 2 aromatic carbocycles. The maximum absolute atomic E-state index is 12.1. The Hall–Kier alpha value is -3.60. The van der Waals surface area contributed by atoms with Crippen LogP contribution in [-0.2, 0) is 0 Å². The Morgan fingerprint density at radius 1 is 0.886 bits per heavy atom. The van der Waals surface area contributed by atoms with Crippen LogP contribution in [0.1, 0.15) is 52.9 Å². The zero-order valence-electron chi connectivity index (χ0n) is 19.8. The third-order valence-corrected chi connectivity index (χ3v) is 6.37. The van der Waals surface area contributed by atoms with Crippen molar-refractivity contribution in [3.63, 3.8) is 0 Å². The number of nitrogens with zero attached hydrogens (tertiary/aromatic N) is 2. The second-order valence-electron chi connectivity index (χ2n) is 8.03. The summed E-state index contributed by atoms with van der Waals surface area (Å²) in [7, 11) is 0. The van der Waals surface area contributed by atoms with Gasteiger partial charge in [0.2, 0.25) is 5.36 Å². The number of carboxylic acid groups (broad SMARTS) is 1. The Labute approximate surface area is 209 Å². The van der Waals surface area contributed by atoms with Gasteiger partial charge >= 0.3 is 5.97 Å². The van der Waals surface area contributed by atoms with Gasteiger partial charge in [-0.25, -0.2) is 9.37 Å². The molecular weight excluding hydrogens is 436 g/mol. The van der Waals surface area contributed by atoms with Crippen molar-refractivity contribution >= 4 is 22.6 Å². The van der Waals surface area contributed by atoms with E-state index < -0.39 is 5.97 Å². The van der Waals surface area contributed by atoms with Crippen molar-refractivity contribution in [3.8, 4) is 22.5 Å². The van der Waals surface area contributed by atoms with E-state index in [1.165, 1.54) is 0 Å². The lowest BCUT2D eigenvalue weighted by molar-refractivity contribution is 0.0697. The fourth-order valence-corrected chi connectivity index (χ4v) is 4.62.